The van der Waals surface area contributed by atoms with Gasteiger partial charge in [-0.15, -0.1) is 0 Å². The highest BCUT2D eigenvalue weighted by atomic mass is 16.6. The second kappa shape index (κ2) is 14.6. The van der Waals surface area contributed by atoms with Crippen molar-refractivity contribution in [2.75, 3.05) is 20.0 Å². The summed E-state index contributed by atoms with van der Waals surface area (Å²) >= 11 is 0. The number of aliphatic hydroxyl groups is 2. The Balaban J connectivity index is 1.66. The summed E-state index contributed by atoms with van der Waals surface area (Å²) < 4.78 is 29.8. The maximum atomic E-state index is 13.9. The van der Waals surface area contributed by atoms with Gasteiger partial charge in [-0.1, -0.05) is 41.7 Å². The molecule has 2 aliphatic rings. The minimum absolute atomic E-state index is 0.00752. The van der Waals surface area contributed by atoms with E-state index in [1.54, 1.807) is 25.1 Å². The number of rotatable bonds is 7. The fraction of sp³-hybridized carbons (Fsp3) is 0.432. The Morgan fingerprint density at radius 3 is 2.57 bits per heavy atom. The van der Waals surface area contributed by atoms with E-state index in [1.165, 1.54) is 6.92 Å². The fourth-order valence-corrected chi connectivity index (χ4v) is 6.24. The molecule has 4 atom stereocenters. The van der Waals surface area contributed by atoms with Crippen molar-refractivity contribution in [2.45, 2.75) is 83.5 Å². The molecule has 0 aliphatic carbocycles. The molecule has 47 heavy (non-hydrogen) atoms. The standard InChI is InChI=1S/C37H40O10/c1-22(2)28-13-11-25-10-7-9-24(18-25)8-5-6-16-37(4)34(46-35(28)41)33(44-23(3)40)31-30(47-37)14-12-26-19-29(36(42)45-32(26)31)27(15-17-38)20-43-21-39/h7,9-10,12,14,18-19,27,33-34,38-39H,8,11,13,15-17,20-21H2,1-4H3. The molecule has 3 aromatic rings. The van der Waals surface area contributed by atoms with Crippen LogP contribution in [0.3, 0.4) is 0 Å². The van der Waals surface area contributed by atoms with Crippen molar-refractivity contribution in [1.82, 2.24) is 0 Å². The molecule has 2 N–H and O–H groups in total. The summed E-state index contributed by atoms with van der Waals surface area (Å²) in [7, 11) is 0. The predicted molar refractivity (Wildman–Crippen MR) is 173 cm³/mol. The van der Waals surface area contributed by atoms with E-state index in [-0.39, 0.29) is 42.8 Å². The predicted octanol–water partition coefficient (Wildman–Crippen LogP) is 4.81. The van der Waals surface area contributed by atoms with Gasteiger partial charge in [0, 0.05) is 42.4 Å². The Hall–Kier alpha value is -4.43. The molecule has 4 unspecified atom stereocenters. The van der Waals surface area contributed by atoms with E-state index in [0.717, 1.165) is 16.7 Å². The third-order valence-electron chi connectivity index (χ3n) is 8.65. The van der Waals surface area contributed by atoms with Gasteiger partial charge in [0.25, 0.3) is 0 Å². The molecule has 2 aromatic carbocycles. The highest BCUT2D eigenvalue weighted by Gasteiger charge is 2.52. The first-order chi connectivity index (χ1) is 22.5. The van der Waals surface area contributed by atoms with Gasteiger partial charge in [-0.25, -0.2) is 9.59 Å². The van der Waals surface area contributed by atoms with Crippen LogP contribution in [0.25, 0.3) is 11.0 Å². The minimum Gasteiger partial charge on any atom is -0.482 e. The maximum Gasteiger partial charge on any atom is 0.339 e. The number of fused-ring (bicyclic) bond motifs is 6. The highest BCUT2D eigenvalue weighted by molar-refractivity contribution is 5.90. The molecule has 0 saturated heterocycles. The average Bonchev–Trinajstić information content (AvgIpc) is 3.02. The van der Waals surface area contributed by atoms with Crippen LogP contribution in [0.5, 0.6) is 5.75 Å². The van der Waals surface area contributed by atoms with Gasteiger partial charge in [0.1, 0.15) is 18.1 Å². The molecule has 2 bridgehead atoms. The van der Waals surface area contributed by atoms with Crippen LogP contribution in [0, 0.1) is 11.8 Å². The van der Waals surface area contributed by atoms with Crippen LogP contribution in [-0.2, 0) is 36.6 Å². The van der Waals surface area contributed by atoms with Crippen LogP contribution >= 0.6 is 0 Å². The van der Waals surface area contributed by atoms with E-state index < -0.39 is 48.1 Å². The van der Waals surface area contributed by atoms with Crippen molar-refractivity contribution >= 4 is 22.9 Å². The first-order valence-electron chi connectivity index (χ1n) is 15.7. The molecular weight excluding hydrogens is 604 g/mol. The van der Waals surface area contributed by atoms with Gasteiger partial charge in [0.15, 0.2) is 17.8 Å². The second-order valence-electron chi connectivity index (χ2n) is 12.4. The topological polar surface area (TPSA) is 142 Å². The zero-order valence-electron chi connectivity index (χ0n) is 27.1. The summed E-state index contributed by atoms with van der Waals surface area (Å²) in [5.74, 6) is 4.96. The molecule has 0 fully saturated rings. The number of benzene rings is 2. The molecule has 3 heterocycles. The number of aryl methyl sites for hydroxylation is 1. The average molecular weight is 645 g/mol. The lowest BCUT2D eigenvalue weighted by molar-refractivity contribution is -0.188. The van der Waals surface area contributed by atoms with E-state index in [1.807, 2.05) is 32.0 Å². The Morgan fingerprint density at radius 1 is 1.06 bits per heavy atom. The minimum atomic E-state index is -1.25. The van der Waals surface area contributed by atoms with Gasteiger partial charge in [0.2, 0.25) is 0 Å². The summed E-state index contributed by atoms with van der Waals surface area (Å²) in [6, 6.07) is 13.2. The summed E-state index contributed by atoms with van der Waals surface area (Å²) in [5, 5.41) is 19.2. The van der Waals surface area contributed by atoms with Crippen molar-refractivity contribution in [3.63, 3.8) is 0 Å². The molecule has 2 aliphatic heterocycles. The molecule has 0 amide bonds. The monoisotopic (exact) mass is 644 g/mol. The third kappa shape index (κ3) is 7.43. The van der Waals surface area contributed by atoms with Crippen molar-refractivity contribution in [1.29, 1.82) is 0 Å². The SMILES string of the molecule is CC(=O)OC1c2c(ccc3cc(C(CCO)COCO)c(=O)oc23)OC2(C)CC#CCc3cccc(c3)CCC(=C(C)C)C(=O)OC12. The lowest BCUT2D eigenvalue weighted by atomic mass is 9.83. The number of aliphatic hydroxyl groups excluding tert-OH is 2. The van der Waals surface area contributed by atoms with Gasteiger partial charge in [-0.2, -0.15) is 0 Å². The van der Waals surface area contributed by atoms with Gasteiger partial charge < -0.3 is 33.6 Å². The van der Waals surface area contributed by atoms with E-state index in [9.17, 15) is 19.5 Å². The smallest absolute Gasteiger partial charge is 0.339 e. The first kappa shape index (κ1) is 33.9. The van der Waals surface area contributed by atoms with Crippen molar-refractivity contribution < 1.29 is 43.2 Å². The normalized spacial score (nSPS) is 21.6. The summed E-state index contributed by atoms with van der Waals surface area (Å²) in [4.78, 5) is 40.0. The van der Waals surface area contributed by atoms with E-state index >= 15 is 0 Å². The molecule has 0 spiro atoms. The number of ether oxygens (including phenoxy) is 4. The van der Waals surface area contributed by atoms with Crippen LogP contribution in [0.4, 0.5) is 0 Å². The number of carbonyl (C=O) groups is 2. The van der Waals surface area contributed by atoms with Gasteiger partial charge in [0.05, 0.1) is 18.6 Å². The zero-order chi connectivity index (χ0) is 33.7. The van der Waals surface area contributed by atoms with Gasteiger partial charge in [-0.05, 0) is 69.4 Å². The van der Waals surface area contributed by atoms with E-state index in [0.29, 0.717) is 36.0 Å². The van der Waals surface area contributed by atoms with E-state index in [4.69, 9.17) is 28.5 Å². The summed E-state index contributed by atoms with van der Waals surface area (Å²) in [5.41, 5.74) is 2.12. The Kier molecular flexibility index (Phi) is 10.5. The first-order valence-corrected chi connectivity index (χ1v) is 15.7. The lowest BCUT2D eigenvalue weighted by Crippen LogP contribution is -2.54. The number of esters is 2. The molecule has 10 nitrogen and oxygen atoms in total. The van der Waals surface area contributed by atoms with Gasteiger partial charge in [-0.3, -0.25) is 4.79 Å². The Labute approximate surface area is 273 Å². The van der Waals surface area contributed by atoms with Crippen molar-refractivity contribution in [3.05, 3.63) is 86.3 Å². The molecule has 248 valence electrons. The lowest BCUT2D eigenvalue weighted by Gasteiger charge is -2.44. The van der Waals surface area contributed by atoms with Crippen LogP contribution in [0.1, 0.15) is 81.2 Å². The largest absolute Gasteiger partial charge is 0.482 e. The second-order valence-corrected chi connectivity index (χ2v) is 12.4. The third-order valence-corrected chi connectivity index (χ3v) is 8.65. The molecule has 10 heteroatoms. The van der Waals surface area contributed by atoms with Crippen LogP contribution < -0.4 is 10.4 Å². The molecular formula is C37H40O10. The summed E-state index contributed by atoms with van der Waals surface area (Å²) in [6.45, 7) is 5.97. The number of allylic oxidation sites excluding steroid dienone is 1. The van der Waals surface area contributed by atoms with Crippen LogP contribution in [0.2, 0.25) is 0 Å². The number of hydrogen-bond acceptors (Lipinski definition) is 10. The zero-order valence-corrected chi connectivity index (χ0v) is 27.1. The molecule has 0 saturated carbocycles. The van der Waals surface area contributed by atoms with Gasteiger partial charge >= 0.3 is 17.6 Å². The number of hydrogen-bond donors (Lipinski definition) is 2. The maximum absolute atomic E-state index is 13.9. The highest BCUT2D eigenvalue weighted by Crippen LogP contribution is 2.48. The van der Waals surface area contributed by atoms with Crippen molar-refractivity contribution in [2.24, 2.45) is 0 Å². The fourth-order valence-electron chi connectivity index (χ4n) is 6.24. The Morgan fingerprint density at radius 2 is 1.85 bits per heavy atom. The molecule has 5 rings (SSSR count). The number of carbonyl (C=O) groups excluding carboxylic acids is 2. The molecule has 1 aromatic heterocycles. The van der Waals surface area contributed by atoms with Crippen molar-refractivity contribution in [3.8, 4) is 17.6 Å². The Bertz CT molecular complexity index is 1810. The molecule has 0 radical (unpaired) electrons. The summed E-state index contributed by atoms with van der Waals surface area (Å²) in [6.07, 6.45) is -0.445. The quantitative estimate of drug-likeness (QED) is 0.121. The van der Waals surface area contributed by atoms with Crippen LogP contribution in [0.15, 0.2) is 62.8 Å². The van der Waals surface area contributed by atoms with E-state index in [2.05, 4.69) is 17.9 Å². The van der Waals surface area contributed by atoms with Crippen LogP contribution in [-0.4, -0.2) is 53.9 Å².